The Bertz CT molecular complexity index is 1280. The third-order valence-electron chi connectivity index (χ3n) is 5.73. The zero-order chi connectivity index (χ0) is 25.8. The van der Waals surface area contributed by atoms with Crippen LogP contribution < -0.4 is 14.2 Å². The van der Waals surface area contributed by atoms with Gasteiger partial charge in [-0.25, -0.2) is 0 Å². The van der Waals surface area contributed by atoms with Crippen molar-refractivity contribution in [1.82, 2.24) is 0 Å². The summed E-state index contributed by atoms with van der Waals surface area (Å²) in [6.45, 7) is 1.91. The van der Waals surface area contributed by atoms with E-state index < -0.39 is 20.4 Å². The zero-order valence-corrected chi connectivity index (χ0v) is 22.2. The highest BCUT2D eigenvalue weighted by atomic mass is 32.3. The van der Waals surface area contributed by atoms with Gasteiger partial charge in [0.05, 0.1) is 46.3 Å². The second-order valence-electron chi connectivity index (χ2n) is 7.97. The number of benzene rings is 4. The van der Waals surface area contributed by atoms with Crippen molar-refractivity contribution in [2.45, 2.75) is 26.5 Å². The van der Waals surface area contributed by atoms with Crippen LogP contribution in [0.1, 0.15) is 5.56 Å². The monoisotopic (exact) mass is 525 g/mol. The van der Waals surface area contributed by atoms with Crippen LogP contribution >= 0.6 is 10.3 Å². The fourth-order valence-corrected chi connectivity index (χ4v) is 9.20. The number of ether oxygens (including phenoxy) is 3. The topological polar surface area (TPSA) is 74.6 Å². The molecule has 0 atom stereocenters. The molecule has 0 saturated carbocycles. The molecule has 188 valence electrons. The molecule has 0 radical (unpaired) electrons. The molecule has 0 fully saturated rings. The van der Waals surface area contributed by atoms with Crippen molar-refractivity contribution in [3.63, 3.8) is 0 Å². The minimum Gasteiger partial charge on any atom is -0.497 e. The van der Waals surface area contributed by atoms with E-state index in [1.165, 1.54) is 0 Å². The molecule has 8 heteroatoms. The van der Waals surface area contributed by atoms with E-state index in [4.69, 9.17) is 17.8 Å². The summed E-state index contributed by atoms with van der Waals surface area (Å²) in [4.78, 5) is 2.37. The Labute approximate surface area is 214 Å². The van der Waals surface area contributed by atoms with Crippen LogP contribution in [0.25, 0.3) is 0 Å². The van der Waals surface area contributed by atoms with Crippen molar-refractivity contribution in [2.24, 2.45) is 0 Å². The molecule has 0 saturated heterocycles. The minimum atomic E-state index is -4.06. The molecule has 0 heterocycles. The van der Waals surface area contributed by atoms with E-state index in [1.807, 2.05) is 79.7 Å². The van der Waals surface area contributed by atoms with Gasteiger partial charge in [-0.1, -0.05) is 17.7 Å². The Hall–Kier alpha value is -3.46. The van der Waals surface area contributed by atoms with E-state index >= 15 is 0 Å². The lowest BCUT2D eigenvalue weighted by Crippen LogP contribution is -2.18. The van der Waals surface area contributed by atoms with Gasteiger partial charge in [-0.3, -0.25) is 3.63 Å². The van der Waals surface area contributed by atoms with Gasteiger partial charge in [-0.05, 0) is 91.9 Å². The fourth-order valence-electron chi connectivity index (χ4n) is 3.76. The first-order valence-electron chi connectivity index (χ1n) is 11.1. The van der Waals surface area contributed by atoms with Crippen LogP contribution in [0.5, 0.6) is 17.2 Å². The standard InChI is InChI=1S/C28H28O6S2/c1-21-5-13-28(14-6-21)36(29,30)34-35(25-15-7-22(31-2)8-16-25,26-17-9-23(32-3)10-18-26)27-19-11-24(33-4)12-20-27/h5-20H,1-4H3/p+1. The Morgan fingerprint density at radius 3 is 1.11 bits per heavy atom. The molecule has 4 aromatic carbocycles. The molecule has 0 unspecified atom stereocenters. The minimum absolute atomic E-state index is 0.139. The summed E-state index contributed by atoms with van der Waals surface area (Å²) >= 11 is 0. The van der Waals surface area contributed by atoms with Crippen molar-refractivity contribution in [2.75, 3.05) is 21.3 Å². The van der Waals surface area contributed by atoms with E-state index in [0.29, 0.717) is 17.2 Å². The predicted octanol–water partition coefficient (Wildman–Crippen LogP) is 6.70. The van der Waals surface area contributed by atoms with Crippen LogP contribution in [0, 0.1) is 6.92 Å². The van der Waals surface area contributed by atoms with Gasteiger partial charge in [-0.15, -0.1) is 8.42 Å². The van der Waals surface area contributed by atoms with Gasteiger partial charge in [0, 0.05) is 0 Å². The smallest absolute Gasteiger partial charge is 0.422 e. The quantitative estimate of drug-likeness (QED) is 0.180. The average molecular weight is 526 g/mol. The Morgan fingerprint density at radius 2 is 0.806 bits per heavy atom. The van der Waals surface area contributed by atoms with E-state index in [9.17, 15) is 8.42 Å². The van der Waals surface area contributed by atoms with E-state index in [0.717, 1.165) is 20.2 Å². The summed E-state index contributed by atoms with van der Waals surface area (Å²) in [6.07, 6.45) is 0. The zero-order valence-electron chi connectivity index (χ0n) is 20.5. The first-order valence-corrected chi connectivity index (χ1v) is 14.2. The summed E-state index contributed by atoms with van der Waals surface area (Å²) < 4.78 is 48.5. The van der Waals surface area contributed by atoms with Crippen LogP contribution in [0.3, 0.4) is 0 Å². The van der Waals surface area contributed by atoms with E-state index in [-0.39, 0.29) is 4.90 Å². The first kappa shape index (κ1) is 25.6. The van der Waals surface area contributed by atoms with Gasteiger partial charge in [-0.2, -0.15) is 0 Å². The highest BCUT2D eigenvalue weighted by Gasteiger charge is 2.43. The molecule has 0 aliphatic carbocycles. The van der Waals surface area contributed by atoms with E-state index in [2.05, 4.69) is 0 Å². The molecule has 6 nitrogen and oxygen atoms in total. The third-order valence-corrected chi connectivity index (χ3v) is 11.1. The average Bonchev–Trinajstić information content (AvgIpc) is 2.92. The second-order valence-corrected chi connectivity index (χ2v) is 12.6. The molecular weight excluding hydrogens is 496 g/mol. The lowest BCUT2D eigenvalue weighted by atomic mass is 10.2. The molecule has 36 heavy (non-hydrogen) atoms. The molecule has 4 aromatic rings. The van der Waals surface area contributed by atoms with Crippen molar-refractivity contribution >= 4 is 20.4 Å². The molecule has 1 N–H and O–H groups in total. The number of rotatable bonds is 9. The van der Waals surface area contributed by atoms with Crippen molar-refractivity contribution in [1.29, 1.82) is 0 Å². The Kier molecular flexibility index (Phi) is 7.59. The summed E-state index contributed by atoms with van der Waals surface area (Å²) in [5.74, 6) is 1.99. The maximum Gasteiger partial charge on any atom is 0.422 e. The predicted molar refractivity (Wildman–Crippen MR) is 142 cm³/mol. The molecule has 0 spiro atoms. The normalized spacial score (nSPS) is 12.1. The molecule has 0 aliphatic rings. The van der Waals surface area contributed by atoms with Gasteiger partial charge in [0.1, 0.15) is 22.1 Å². The molecule has 0 bridgehead atoms. The summed E-state index contributed by atoms with van der Waals surface area (Å²) in [7, 11) is -1.94. The van der Waals surface area contributed by atoms with E-state index in [1.54, 1.807) is 45.6 Å². The fraction of sp³-hybridized carbons (Fsp3) is 0.143. The van der Waals surface area contributed by atoms with Crippen LogP contribution in [0.4, 0.5) is 0 Å². The van der Waals surface area contributed by atoms with Gasteiger partial charge in [0.2, 0.25) is 0 Å². The summed E-state index contributed by atoms with van der Waals surface area (Å²) in [5, 5.41) is 0. The number of methoxy groups -OCH3 is 3. The summed E-state index contributed by atoms with van der Waals surface area (Å²) in [5.41, 5.74) is 0.966. The van der Waals surface area contributed by atoms with Crippen molar-refractivity contribution in [3.05, 3.63) is 103 Å². The lowest BCUT2D eigenvalue weighted by Gasteiger charge is -2.35. The Balaban J connectivity index is 2.01. The van der Waals surface area contributed by atoms with Crippen LogP contribution in [0.2, 0.25) is 0 Å². The molecule has 0 aromatic heterocycles. The van der Waals surface area contributed by atoms with Crippen molar-refractivity contribution in [3.8, 4) is 17.2 Å². The van der Waals surface area contributed by atoms with Crippen LogP contribution in [-0.4, -0.2) is 33.4 Å². The van der Waals surface area contributed by atoms with Crippen molar-refractivity contribution < 1.29 is 26.3 Å². The van der Waals surface area contributed by atoms with Crippen LogP contribution in [0.15, 0.2) is 117 Å². The molecule has 0 amide bonds. The Morgan fingerprint density at radius 1 is 0.500 bits per heavy atom. The van der Waals surface area contributed by atoms with Gasteiger partial charge < -0.3 is 14.2 Å². The maximum absolute atomic E-state index is 13.8. The third kappa shape index (κ3) is 5.06. The molecular formula is C28H29O6S2+. The highest BCUT2D eigenvalue weighted by molar-refractivity contribution is 8.32. The SMILES string of the molecule is COc1ccc(S([OH+]S(=O)(=O)c2ccc(C)cc2)(c2ccc(OC)cc2)c2ccc(OC)cc2)cc1. The molecule has 4 rings (SSSR count). The van der Waals surface area contributed by atoms with Gasteiger partial charge in [0.15, 0.2) is 0 Å². The van der Waals surface area contributed by atoms with Crippen LogP contribution in [-0.2, 0) is 10.1 Å². The maximum atomic E-state index is 13.8. The molecule has 0 aliphatic heterocycles. The second kappa shape index (κ2) is 10.7. The number of hydrogen-bond donors (Lipinski definition) is 0. The number of aryl methyl sites for hydroxylation is 1. The largest absolute Gasteiger partial charge is 0.497 e. The number of hydrogen-bond acceptors (Lipinski definition) is 5. The highest BCUT2D eigenvalue weighted by Crippen LogP contribution is 2.69. The lowest BCUT2D eigenvalue weighted by molar-refractivity contribution is 0.386. The first-order chi connectivity index (χ1) is 17.3. The summed E-state index contributed by atoms with van der Waals surface area (Å²) in [6, 6.07) is 28.9. The van der Waals surface area contributed by atoms with Gasteiger partial charge >= 0.3 is 10.1 Å². The van der Waals surface area contributed by atoms with Gasteiger partial charge in [0.25, 0.3) is 0 Å².